The Hall–Kier alpha value is -0.310. The minimum atomic E-state index is 0.424. The SMILES string of the molecule is C#CCC[C@@H](C)[C@H]1CC[C@H]2[C@@H]3CC=C4C[C@@H](OP)CC[C@]4(C)[C@H]3CC[C@]12C. The zero-order valence-corrected chi connectivity index (χ0v) is 18.8. The van der Waals surface area contributed by atoms with Gasteiger partial charge in [-0.2, -0.15) is 0 Å². The van der Waals surface area contributed by atoms with E-state index in [9.17, 15) is 0 Å². The lowest BCUT2D eigenvalue weighted by Gasteiger charge is -2.58. The van der Waals surface area contributed by atoms with Crippen LogP contribution in [0, 0.1) is 52.8 Å². The molecule has 0 saturated heterocycles. The zero-order valence-electron chi connectivity index (χ0n) is 17.7. The van der Waals surface area contributed by atoms with Crippen LogP contribution in [0.5, 0.6) is 0 Å². The summed E-state index contributed by atoms with van der Waals surface area (Å²) in [5, 5.41) is 0. The summed E-state index contributed by atoms with van der Waals surface area (Å²) in [7, 11) is 2.50. The van der Waals surface area contributed by atoms with E-state index in [-0.39, 0.29) is 0 Å². The molecule has 0 aromatic carbocycles. The lowest BCUT2D eigenvalue weighted by molar-refractivity contribution is -0.0550. The molecule has 4 aliphatic carbocycles. The van der Waals surface area contributed by atoms with Gasteiger partial charge < -0.3 is 4.52 Å². The fraction of sp³-hybridized carbons (Fsp3) is 0.840. The van der Waals surface area contributed by atoms with Crippen molar-refractivity contribution in [3.63, 3.8) is 0 Å². The molecule has 0 radical (unpaired) electrons. The molecule has 0 amide bonds. The monoisotopic (exact) mass is 386 g/mol. The summed E-state index contributed by atoms with van der Waals surface area (Å²) >= 11 is 0. The van der Waals surface area contributed by atoms with Crippen molar-refractivity contribution in [2.75, 3.05) is 0 Å². The largest absolute Gasteiger partial charge is 0.362 e. The van der Waals surface area contributed by atoms with E-state index < -0.39 is 0 Å². The van der Waals surface area contributed by atoms with E-state index >= 15 is 0 Å². The van der Waals surface area contributed by atoms with Gasteiger partial charge in [-0.05, 0) is 98.2 Å². The van der Waals surface area contributed by atoms with Crippen molar-refractivity contribution in [2.24, 2.45) is 40.4 Å². The zero-order chi connectivity index (χ0) is 19.2. The molecule has 1 unspecified atom stereocenters. The van der Waals surface area contributed by atoms with Gasteiger partial charge in [0.15, 0.2) is 0 Å². The van der Waals surface area contributed by atoms with Gasteiger partial charge in [-0.15, -0.1) is 12.3 Å². The van der Waals surface area contributed by atoms with Gasteiger partial charge in [0.25, 0.3) is 0 Å². The Morgan fingerprint density at radius 1 is 1.22 bits per heavy atom. The topological polar surface area (TPSA) is 9.23 Å². The molecule has 4 rings (SSSR count). The lowest BCUT2D eigenvalue weighted by atomic mass is 9.47. The molecule has 0 bridgehead atoms. The summed E-state index contributed by atoms with van der Waals surface area (Å²) in [6, 6.07) is 0. The van der Waals surface area contributed by atoms with Crippen molar-refractivity contribution in [3.8, 4) is 12.3 Å². The normalized spacial score (nSPS) is 47.2. The fourth-order valence-corrected chi connectivity index (χ4v) is 8.46. The predicted molar refractivity (Wildman–Crippen MR) is 117 cm³/mol. The van der Waals surface area contributed by atoms with Gasteiger partial charge in [0, 0.05) is 15.9 Å². The van der Waals surface area contributed by atoms with Crippen LogP contribution in [0.2, 0.25) is 0 Å². The highest BCUT2D eigenvalue weighted by molar-refractivity contribution is 7.09. The van der Waals surface area contributed by atoms with Crippen LogP contribution in [0.4, 0.5) is 0 Å². The Morgan fingerprint density at radius 2 is 2.04 bits per heavy atom. The third-order valence-electron chi connectivity index (χ3n) is 9.76. The quantitative estimate of drug-likeness (QED) is 0.294. The van der Waals surface area contributed by atoms with Crippen molar-refractivity contribution in [1.29, 1.82) is 0 Å². The standard InChI is InChI=1S/C25H39OP/c1-5-6-7-17(2)21-10-11-22-20-9-8-18-16-19(26-27)12-14-24(18,3)23(20)13-15-25(21,22)4/h1,8,17,19-23H,6-7,9-16,27H2,2-4H3/t17-,19+,20+,21-,22+,23+,24+,25-/m1/s1. The first kappa shape index (κ1) is 20.0. The Balaban J connectivity index is 1.56. The van der Waals surface area contributed by atoms with Crippen molar-refractivity contribution in [2.45, 2.75) is 91.1 Å². The second kappa shape index (κ2) is 7.50. The fourth-order valence-electron chi connectivity index (χ4n) is 8.23. The number of allylic oxidation sites excluding steroid dienone is 1. The molecule has 9 atom stereocenters. The molecule has 3 saturated carbocycles. The van der Waals surface area contributed by atoms with E-state index in [1.54, 1.807) is 5.57 Å². The van der Waals surface area contributed by atoms with E-state index in [0.29, 0.717) is 16.9 Å². The molecule has 150 valence electrons. The third kappa shape index (κ3) is 3.15. The molecule has 0 aromatic rings. The minimum Gasteiger partial charge on any atom is -0.362 e. The number of terminal acetylenes is 1. The second-order valence-corrected chi connectivity index (χ2v) is 11.0. The van der Waals surface area contributed by atoms with Crippen LogP contribution in [0.15, 0.2) is 11.6 Å². The summed E-state index contributed by atoms with van der Waals surface area (Å²) in [4.78, 5) is 0. The molecule has 0 aromatic heterocycles. The van der Waals surface area contributed by atoms with Crippen LogP contribution >= 0.6 is 9.47 Å². The number of fused-ring (bicyclic) bond motifs is 5. The lowest BCUT2D eigenvalue weighted by Crippen LogP contribution is -2.50. The summed E-state index contributed by atoms with van der Waals surface area (Å²) in [5.74, 6) is 7.29. The number of rotatable bonds is 4. The van der Waals surface area contributed by atoms with Crippen LogP contribution in [0.1, 0.15) is 85.0 Å². The highest BCUT2D eigenvalue weighted by Gasteiger charge is 2.59. The number of hydrogen-bond acceptors (Lipinski definition) is 1. The average Bonchev–Trinajstić information content (AvgIpc) is 3.02. The molecule has 1 nitrogen and oxygen atoms in total. The maximum absolute atomic E-state index is 5.64. The molecular formula is C25H39OP. The number of hydrogen-bond donors (Lipinski definition) is 0. The maximum Gasteiger partial charge on any atom is 0.0648 e. The van der Waals surface area contributed by atoms with Gasteiger partial charge in [-0.3, -0.25) is 0 Å². The van der Waals surface area contributed by atoms with Crippen molar-refractivity contribution < 1.29 is 4.52 Å². The van der Waals surface area contributed by atoms with Gasteiger partial charge >= 0.3 is 0 Å². The van der Waals surface area contributed by atoms with Gasteiger partial charge in [-0.1, -0.05) is 32.4 Å². The van der Waals surface area contributed by atoms with Crippen molar-refractivity contribution in [1.82, 2.24) is 0 Å². The van der Waals surface area contributed by atoms with E-state index in [2.05, 4.69) is 42.2 Å². The second-order valence-electron chi connectivity index (χ2n) is 10.7. The Labute approximate surface area is 169 Å². The summed E-state index contributed by atoms with van der Waals surface area (Å²) in [6.45, 7) is 7.73. The highest BCUT2D eigenvalue weighted by Crippen LogP contribution is 2.67. The molecule has 3 fully saturated rings. The van der Waals surface area contributed by atoms with E-state index in [1.807, 2.05) is 0 Å². The van der Waals surface area contributed by atoms with Crippen LogP contribution in [0.25, 0.3) is 0 Å². The summed E-state index contributed by atoms with van der Waals surface area (Å²) < 4.78 is 5.64. The molecule has 4 aliphatic rings. The molecule has 0 N–H and O–H groups in total. The molecule has 0 spiro atoms. The molecule has 0 heterocycles. The van der Waals surface area contributed by atoms with E-state index in [4.69, 9.17) is 10.9 Å². The van der Waals surface area contributed by atoms with Crippen molar-refractivity contribution in [3.05, 3.63) is 11.6 Å². The van der Waals surface area contributed by atoms with Crippen LogP contribution in [0.3, 0.4) is 0 Å². The maximum atomic E-state index is 5.64. The Morgan fingerprint density at radius 3 is 2.78 bits per heavy atom. The van der Waals surface area contributed by atoms with Crippen LogP contribution < -0.4 is 0 Å². The van der Waals surface area contributed by atoms with Crippen molar-refractivity contribution >= 4 is 9.47 Å². The predicted octanol–water partition coefficient (Wildman–Crippen LogP) is 6.79. The molecular weight excluding hydrogens is 347 g/mol. The Bertz CT molecular complexity index is 633. The first-order valence-corrected chi connectivity index (χ1v) is 11.9. The van der Waals surface area contributed by atoms with Gasteiger partial charge in [0.2, 0.25) is 0 Å². The first-order valence-electron chi connectivity index (χ1n) is 11.4. The molecule has 2 heteroatoms. The third-order valence-corrected chi connectivity index (χ3v) is 10.1. The Kier molecular flexibility index (Phi) is 5.55. The first-order chi connectivity index (χ1) is 12.9. The van der Waals surface area contributed by atoms with E-state index in [0.717, 1.165) is 42.4 Å². The molecule has 0 aliphatic heterocycles. The smallest absolute Gasteiger partial charge is 0.0648 e. The average molecular weight is 387 g/mol. The minimum absolute atomic E-state index is 0.424. The van der Waals surface area contributed by atoms with Gasteiger partial charge in [0.05, 0.1) is 6.10 Å². The summed E-state index contributed by atoms with van der Waals surface area (Å²) in [5.41, 5.74) is 2.72. The van der Waals surface area contributed by atoms with Crippen LogP contribution in [-0.4, -0.2) is 6.10 Å². The van der Waals surface area contributed by atoms with Gasteiger partial charge in [0.1, 0.15) is 0 Å². The van der Waals surface area contributed by atoms with E-state index in [1.165, 1.54) is 51.4 Å². The highest BCUT2D eigenvalue weighted by atomic mass is 31.0. The molecule has 27 heavy (non-hydrogen) atoms. The summed E-state index contributed by atoms with van der Waals surface area (Å²) in [6.07, 6.45) is 21.6. The van der Waals surface area contributed by atoms with Gasteiger partial charge in [-0.25, -0.2) is 0 Å². The van der Waals surface area contributed by atoms with Crippen LogP contribution in [-0.2, 0) is 4.52 Å².